The summed E-state index contributed by atoms with van der Waals surface area (Å²) in [4.78, 5) is 11.5. The molecule has 15 heavy (non-hydrogen) atoms. The van der Waals surface area contributed by atoms with Crippen molar-refractivity contribution in [3.05, 3.63) is 34.9 Å². The van der Waals surface area contributed by atoms with E-state index in [4.69, 9.17) is 0 Å². The second-order valence-corrected chi connectivity index (χ2v) is 3.34. The zero-order valence-electron chi connectivity index (χ0n) is 8.68. The van der Waals surface area contributed by atoms with Gasteiger partial charge in [-0.1, -0.05) is 17.7 Å². The summed E-state index contributed by atoms with van der Waals surface area (Å²) >= 11 is 0. The van der Waals surface area contributed by atoms with Crippen LogP contribution in [0, 0.1) is 6.92 Å². The number of aryl methyl sites for hydroxylation is 1. The number of carbonyl (C=O) groups excluding carboxylic acids is 1. The van der Waals surface area contributed by atoms with Crippen molar-refractivity contribution in [3.8, 4) is 0 Å². The second-order valence-electron chi connectivity index (χ2n) is 3.34. The first kappa shape index (κ1) is 11.8. The maximum atomic E-state index is 12.6. The summed E-state index contributed by atoms with van der Waals surface area (Å²) in [6, 6.07) is 4.39. The maximum Gasteiger partial charge on any atom is 0.264 e. The van der Waals surface area contributed by atoms with E-state index in [1.54, 1.807) is 20.0 Å². The van der Waals surface area contributed by atoms with Crippen molar-refractivity contribution in [1.29, 1.82) is 0 Å². The van der Waals surface area contributed by atoms with E-state index in [9.17, 15) is 13.6 Å². The molecular weight excluding hydrogens is 200 g/mol. The fourth-order valence-corrected chi connectivity index (χ4v) is 1.36. The van der Waals surface area contributed by atoms with Gasteiger partial charge in [0, 0.05) is 11.1 Å². The molecule has 0 amide bonds. The number of Topliss-reactive ketones (excluding diaryl/α,β-unsaturated/α-hetero) is 1. The van der Waals surface area contributed by atoms with Crippen LogP contribution in [0.1, 0.15) is 27.9 Å². The van der Waals surface area contributed by atoms with Crippen molar-refractivity contribution in [2.75, 3.05) is 13.6 Å². The monoisotopic (exact) mass is 213 g/mol. The van der Waals surface area contributed by atoms with E-state index in [2.05, 4.69) is 5.32 Å². The number of ketones is 1. The van der Waals surface area contributed by atoms with Crippen LogP contribution in [-0.4, -0.2) is 19.4 Å². The van der Waals surface area contributed by atoms with Crippen molar-refractivity contribution in [1.82, 2.24) is 5.32 Å². The van der Waals surface area contributed by atoms with Gasteiger partial charge in [-0.3, -0.25) is 4.79 Å². The van der Waals surface area contributed by atoms with Gasteiger partial charge in [0.2, 0.25) is 0 Å². The van der Waals surface area contributed by atoms with E-state index >= 15 is 0 Å². The van der Waals surface area contributed by atoms with Gasteiger partial charge in [-0.05, 0) is 20.0 Å². The Labute approximate surface area is 87.3 Å². The van der Waals surface area contributed by atoms with Gasteiger partial charge in [-0.25, -0.2) is 8.78 Å². The van der Waals surface area contributed by atoms with E-state index in [-0.39, 0.29) is 23.5 Å². The van der Waals surface area contributed by atoms with Gasteiger partial charge in [0.05, 0.1) is 6.54 Å². The minimum Gasteiger partial charge on any atom is -0.313 e. The first-order valence-electron chi connectivity index (χ1n) is 4.62. The predicted molar refractivity (Wildman–Crippen MR) is 54.4 cm³/mol. The molecule has 0 saturated heterocycles. The number of rotatable bonds is 4. The van der Waals surface area contributed by atoms with Crippen LogP contribution < -0.4 is 5.32 Å². The van der Waals surface area contributed by atoms with Gasteiger partial charge >= 0.3 is 0 Å². The third-order valence-corrected chi connectivity index (χ3v) is 2.08. The molecule has 0 aliphatic heterocycles. The number of nitrogens with one attached hydrogen (secondary N) is 1. The largest absolute Gasteiger partial charge is 0.313 e. The molecule has 1 N–H and O–H groups in total. The molecule has 0 heterocycles. The molecule has 0 atom stereocenters. The average molecular weight is 213 g/mol. The normalized spacial score (nSPS) is 10.7. The van der Waals surface area contributed by atoms with E-state index in [0.29, 0.717) is 0 Å². The van der Waals surface area contributed by atoms with Crippen LogP contribution in [0.2, 0.25) is 0 Å². The molecule has 4 heteroatoms. The highest BCUT2D eigenvalue weighted by atomic mass is 19.3. The topological polar surface area (TPSA) is 29.1 Å². The summed E-state index contributed by atoms with van der Waals surface area (Å²) in [5, 5.41) is 2.66. The van der Waals surface area contributed by atoms with Crippen LogP contribution >= 0.6 is 0 Å². The number of hydrogen-bond donors (Lipinski definition) is 1. The lowest BCUT2D eigenvalue weighted by atomic mass is 10.0. The summed E-state index contributed by atoms with van der Waals surface area (Å²) in [5.74, 6) is -0.309. The first-order chi connectivity index (χ1) is 7.06. The average Bonchev–Trinajstić information content (AvgIpc) is 2.17. The number of hydrogen-bond acceptors (Lipinski definition) is 2. The number of carbonyl (C=O) groups is 1. The van der Waals surface area contributed by atoms with Crippen molar-refractivity contribution < 1.29 is 13.6 Å². The van der Waals surface area contributed by atoms with E-state index < -0.39 is 6.43 Å². The Kier molecular flexibility index (Phi) is 3.91. The number of likely N-dealkylation sites (N-methyl/N-ethyl adjacent to an activating group) is 1. The quantitative estimate of drug-likeness (QED) is 0.778. The molecule has 0 unspecified atom stereocenters. The second kappa shape index (κ2) is 4.98. The molecule has 2 nitrogen and oxygen atoms in total. The lowest BCUT2D eigenvalue weighted by Crippen LogP contribution is -2.20. The van der Waals surface area contributed by atoms with E-state index in [0.717, 1.165) is 5.56 Å². The summed E-state index contributed by atoms with van der Waals surface area (Å²) < 4.78 is 25.2. The van der Waals surface area contributed by atoms with Gasteiger partial charge in [0.1, 0.15) is 0 Å². The Morgan fingerprint density at radius 2 is 2.13 bits per heavy atom. The highest BCUT2D eigenvalue weighted by Gasteiger charge is 2.17. The van der Waals surface area contributed by atoms with E-state index in [1.165, 1.54) is 12.1 Å². The molecule has 1 rings (SSSR count). The van der Waals surface area contributed by atoms with Crippen LogP contribution in [0.3, 0.4) is 0 Å². The van der Waals surface area contributed by atoms with Gasteiger partial charge in [-0.2, -0.15) is 0 Å². The molecule has 0 spiro atoms. The minimum absolute atomic E-state index is 0.0726. The number of alkyl halides is 2. The van der Waals surface area contributed by atoms with Crippen molar-refractivity contribution in [2.24, 2.45) is 0 Å². The SMILES string of the molecule is CNCC(=O)c1cc(C)ccc1C(F)F. The van der Waals surface area contributed by atoms with Crippen LogP contribution in [0.4, 0.5) is 8.78 Å². The maximum absolute atomic E-state index is 12.6. The molecule has 0 fully saturated rings. The molecular formula is C11H13F2NO. The first-order valence-corrected chi connectivity index (χ1v) is 4.62. The Hall–Kier alpha value is -1.29. The van der Waals surface area contributed by atoms with Gasteiger partial charge < -0.3 is 5.32 Å². The fraction of sp³-hybridized carbons (Fsp3) is 0.364. The summed E-state index contributed by atoms with van der Waals surface area (Å²) in [5.41, 5.74) is 0.721. The Bertz CT molecular complexity index is 364. The molecule has 1 aromatic carbocycles. The standard InChI is InChI=1S/C11H13F2NO/c1-7-3-4-8(11(12)13)9(5-7)10(15)6-14-2/h3-5,11,14H,6H2,1-2H3. The summed E-state index contributed by atoms with van der Waals surface area (Å²) in [7, 11) is 1.61. The summed E-state index contributed by atoms with van der Waals surface area (Å²) in [6.45, 7) is 1.84. The van der Waals surface area contributed by atoms with Gasteiger partial charge in [-0.15, -0.1) is 0 Å². The Morgan fingerprint density at radius 3 is 2.67 bits per heavy atom. The molecule has 0 bridgehead atoms. The Balaban J connectivity index is 3.12. The lowest BCUT2D eigenvalue weighted by molar-refractivity contribution is 0.0979. The molecule has 0 saturated carbocycles. The molecule has 82 valence electrons. The zero-order chi connectivity index (χ0) is 11.4. The smallest absolute Gasteiger partial charge is 0.264 e. The van der Waals surface area contributed by atoms with Crippen LogP contribution in [0.25, 0.3) is 0 Å². The third-order valence-electron chi connectivity index (χ3n) is 2.08. The molecule has 1 aromatic rings. The molecule has 0 radical (unpaired) electrons. The van der Waals surface area contributed by atoms with Crippen molar-refractivity contribution in [2.45, 2.75) is 13.3 Å². The van der Waals surface area contributed by atoms with E-state index in [1.807, 2.05) is 0 Å². The lowest BCUT2D eigenvalue weighted by Gasteiger charge is -2.08. The molecule has 0 aliphatic carbocycles. The van der Waals surface area contributed by atoms with Crippen LogP contribution in [0.15, 0.2) is 18.2 Å². The highest BCUT2D eigenvalue weighted by Crippen LogP contribution is 2.24. The number of benzene rings is 1. The highest BCUT2D eigenvalue weighted by molar-refractivity contribution is 5.99. The minimum atomic E-state index is -2.61. The number of halogens is 2. The zero-order valence-corrected chi connectivity index (χ0v) is 8.68. The Morgan fingerprint density at radius 1 is 1.47 bits per heavy atom. The summed E-state index contributed by atoms with van der Waals surface area (Å²) in [6.07, 6.45) is -2.61. The predicted octanol–water partition coefficient (Wildman–Crippen LogP) is 2.33. The molecule has 0 aromatic heterocycles. The molecule has 0 aliphatic rings. The van der Waals surface area contributed by atoms with Crippen molar-refractivity contribution >= 4 is 5.78 Å². The van der Waals surface area contributed by atoms with Crippen molar-refractivity contribution in [3.63, 3.8) is 0 Å². The van der Waals surface area contributed by atoms with Crippen LogP contribution in [-0.2, 0) is 0 Å². The third kappa shape index (κ3) is 2.83. The van der Waals surface area contributed by atoms with Crippen LogP contribution in [0.5, 0.6) is 0 Å². The van der Waals surface area contributed by atoms with Gasteiger partial charge in [0.25, 0.3) is 6.43 Å². The fourth-order valence-electron chi connectivity index (χ4n) is 1.36. The van der Waals surface area contributed by atoms with Gasteiger partial charge in [0.15, 0.2) is 5.78 Å².